The number of benzene rings is 1. The van der Waals surface area contributed by atoms with Gasteiger partial charge in [0.25, 0.3) is 0 Å². The van der Waals surface area contributed by atoms with E-state index in [1.54, 1.807) is 0 Å². The van der Waals surface area contributed by atoms with E-state index in [2.05, 4.69) is 58.1 Å². The molecule has 3 heterocycles. The Morgan fingerprint density at radius 3 is 2.66 bits per heavy atom. The molecule has 0 bridgehead atoms. The van der Waals surface area contributed by atoms with E-state index in [1.807, 2.05) is 0 Å². The van der Waals surface area contributed by atoms with Crippen molar-refractivity contribution in [2.45, 2.75) is 58.3 Å². The van der Waals surface area contributed by atoms with Gasteiger partial charge in [0.15, 0.2) is 5.96 Å². The number of nitrogens with zero attached hydrogens (tertiary/aromatic N) is 4. The fourth-order valence-electron chi connectivity index (χ4n) is 5.53. The third kappa shape index (κ3) is 5.45. The zero-order valence-corrected chi connectivity index (χ0v) is 20.1. The lowest BCUT2D eigenvalue weighted by Crippen LogP contribution is -2.41. The van der Waals surface area contributed by atoms with Crippen LogP contribution in [0.2, 0.25) is 0 Å². The average molecular weight is 440 g/mol. The van der Waals surface area contributed by atoms with Gasteiger partial charge in [-0.15, -0.1) is 0 Å². The number of hydrogen-bond acceptors (Lipinski definition) is 3. The Balaban J connectivity index is 1.39. The summed E-state index contributed by atoms with van der Waals surface area (Å²) >= 11 is 0. The van der Waals surface area contributed by atoms with Crippen molar-refractivity contribution in [3.8, 4) is 0 Å². The van der Waals surface area contributed by atoms with Crippen LogP contribution in [0, 0.1) is 5.92 Å². The molecule has 0 radical (unpaired) electrons. The van der Waals surface area contributed by atoms with E-state index in [-0.39, 0.29) is 0 Å². The standard InChI is InChI=1S/C26H41N5O/c1-3-27-26(28-15-11-21-12-17-29(4-2)18-13-21)31-20-22(23-8-5-6-9-24(23)31)14-19-30-16-7-10-25(30)32/h5-6,8-9,21-22H,3-4,7,10-20H2,1-2H3,(H,27,28). The van der Waals surface area contributed by atoms with Crippen molar-refractivity contribution in [3.63, 3.8) is 0 Å². The molecule has 6 heteroatoms. The summed E-state index contributed by atoms with van der Waals surface area (Å²) in [6, 6.07) is 8.76. The van der Waals surface area contributed by atoms with E-state index in [4.69, 9.17) is 4.99 Å². The summed E-state index contributed by atoms with van der Waals surface area (Å²) in [6.07, 6.45) is 6.56. The lowest BCUT2D eigenvalue weighted by molar-refractivity contribution is -0.127. The van der Waals surface area contributed by atoms with Gasteiger partial charge < -0.3 is 20.0 Å². The first-order valence-electron chi connectivity index (χ1n) is 12.8. The number of piperidine rings is 1. The number of fused-ring (bicyclic) bond motifs is 1. The largest absolute Gasteiger partial charge is 0.356 e. The number of para-hydroxylation sites is 1. The Bertz CT molecular complexity index is 786. The number of guanidine groups is 1. The Kier molecular flexibility index (Phi) is 8.06. The molecule has 0 aromatic heterocycles. The van der Waals surface area contributed by atoms with Crippen LogP contribution in [0.4, 0.5) is 5.69 Å². The van der Waals surface area contributed by atoms with Crippen molar-refractivity contribution >= 4 is 17.6 Å². The van der Waals surface area contributed by atoms with Gasteiger partial charge in [0.2, 0.25) is 5.91 Å². The maximum Gasteiger partial charge on any atom is 0.222 e. The predicted molar refractivity (Wildman–Crippen MR) is 132 cm³/mol. The summed E-state index contributed by atoms with van der Waals surface area (Å²) in [7, 11) is 0. The smallest absolute Gasteiger partial charge is 0.222 e. The summed E-state index contributed by atoms with van der Waals surface area (Å²) in [6.45, 7) is 12.6. The number of carbonyl (C=O) groups excluding carboxylic acids is 1. The second-order valence-electron chi connectivity index (χ2n) is 9.54. The molecule has 0 spiro atoms. The number of aliphatic imine (C=N–C) groups is 1. The Morgan fingerprint density at radius 1 is 1.12 bits per heavy atom. The molecule has 3 aliphatic heterocycles. The Morgan fingerprint density at radius 2 is 1.94 bits per heavy atom. The molecule has 0 saturated carbocycles. The molecule has 1 atom stereocenters. The SMILES string of the molecule is CCNC(=NCCC1CCN(CC)CC1)N1CC(CCN2CCCC2=O)c2ccccc21. The van der Waals surface area contributed by atoms with Gasteiger partial charge in [-0.3, -0.25) is 9.79 Å². The topological polar surface area (TPSA) is 51.2 Å². The molecule has 1 amide bonds. The molecule has 6 nitrogen and oxygen atoms in total. The molecule has 3 aliphatic rings. The van der Waals surface area contributed by atoms with Gasteiger partial charge in [0.05, 0.1) is 0 Å². The van der Waals surface area contributed by atoms with Crippen LogP contribution < -0.4 is 10.2 Å². The van der Waals surface area contributed by atoms with Gasteiger partial charge in [-0.25, -0.2) is 0 Å². The van der Waals surface area contributed by atoms with Crippen molar-refractivity contribution in [3.05, 3.63) is 29.8 Å². The summed E-state index contributed by atoms with van der Waals surface area (Å²) in [5.74, 6) is 2.60. The first-order chi connectivity index (χ1) is 15.7. The van der Waals surface area contributed by atoms with E-state index < -0.39 is 0 Å². The highest BCUT2D eigenvalue weighted by Crippen LogP contribution is 2.38. The lowest BCUT2D eigenvalue weighted by atomic mass is 9.94. The minimum absolute atomic E-state index is 0.327. The number of carbonyl (C=O) groups is 1. The minimum atomic E-state index is 0.327. The summed E-state index contributed by atoms with van der Waals surface area (Å²) < 4.78 is 0. The van der Waals surface area contributed by atoms with Gasteiger partial charge in [-0.1, -0.05) is 25.1 Å². The highest BCUT2D eigenvalue weighted by Gasteiger charge is 2.32. The molecule has 2 saturated heterocycles. The third-order valence-electron chi connectivity index (χ3n) is 7.53. The molecule has 32 heavy (non-hydrogen) atoms. The number of anilines is 1. The second-order valence-corrected chi connectivity index (χ2v) is 9.54. The molecule has 0 aliphatic carbocycles. The maximum atomic E-state index is 12.0. The van der Waals surface area contributed by atoms with Gasteiger partial charge >= 0.3 is 0 Å². The quantitative estimate of drug-likeness (QED) is 0.496. The minimum Gasteiger partial charge on any atom is -0.356 e. The van der Waals surface area contributed by atoms with Crippen LogP contribution in [0.25, 0.3) is 0 Å². The van der Waals surface area contributed by atoms with Crippen molar-refractivity contribution in [2.75, 3.05) is 57.3 Å². The van der Waals surface area contributed by atoms with Crippen LogP contribution in [-0.4, -0.2) is 74.0 Å². The molecular formula is C26H41N5O. The van der Waals surface area contributed by atoms with Crippen LogP contribution >= 0.6 is 0 Å². The Hall–Kier alpha value is -2.08. The van der Waals surface area contributed by atoms with Crippen molar-refractivity contribution in [1.82, 2.24) is 15.1 Å². The lowest BCUT2D eigenvalue weighted by Gasteiger charge is -2.30. The van der Waals surface area contributed by atoms with Gasteiger partial charge in [0.1, 0.15) is 0 Å². The van der Waals surface area contributed by atoms with Crippen LogP contribution in [0.15, 0.2) is 29.3 Å². The monoisotopic (exact) mass is 439 g/mol. The van der Waals surface area contributed by atoms with Crippen molar-refractivity contribution in [2.24, 2.45) is 10.9 Å². The number of rotatable bonds is 8. The summed E-state index contributed by atoms with van der Waals surface area (Å²) in [4.78, 5) is 24.1. The molecule has 1 aromatic carbocycles. The molecular weight excluding hydrogens is 398 g/mol. The molecule has 1 aromatic rings. The Labute approximate surface area is 194 Å². The fraction of sp³-hybridized carbons (Fsp3) is 0.692. The highest BCUT2D eigenvalue weighted by atomic mass is 16.2. The van der Waals surface area contributed by atoms with E-state index in [0.717, 1.165) is 63.9 Å². The van der Waals surface area contributed by atoms with Crippen LogP contribution in [0.5, 0.6) is 0 Å². The molecule has 176 valence electrons. The van der Waals surface area contributed by atoms with E-state index in [9.17, 15) is 4.79 Å². The number of hydrogen-bond donors (Lipinski definition) is 1. The van der Waals surface area contributed by atoms with Crippen molar-refractivity contribution in [1.29, 1.82) is 0 Å². The predicted octanol–water partition coefficient (Wildman–Crippen LogP) is 3.69. The third-order valence-corrected chi connectivity index (χ3v) is 7.53. The normalized spacial score (nSPS) is 22.6. The molecule has 4 rings (SSSR count). The number of amides is 1. The average Bonchev–Trinajstić information content (AvgIpc) is 3.40. The first kappa shape index (κ1) is 23.1. The van der Waals surface area contributed by atoms with Crippen LogP contribution in [0.1, 0.15) is 63.9 Å². The van der Waals surface area contributed by atoms with E-state index in [1.165, 1.54) is 50.1 Å². The maximum absolute atomic E-state index is 12.0. The van der Waals surface area contributed by atoms with Gasteiger partial charge in [-0.05, 0) is 76.2 Å². The molecule has 1 N–H and O–H groups in total. The van der Waals surface area contributed by atoms with Crippen LogP contribution in [0.3, 0.4) is 0 Å². The van der Waals surface area contributed by atoms with Crippen molar-refractivity contribution < 1.29 is 4.79 Å². The zero-order chi connectivity index (χ0) is 22.3. The summed E-state index contributed by atoms with van der Waals surface area (Å²) in [5, 5.41) is 3.55. The second kappa shape index (κ2) is 11.2. The van der Waals surface area contributed by atoms with Gasteiger partial charge in [0, 0.05) is 50.7 Å². The van der Waals surface area contributed by atoms with Crippen LogP contribution in [-0.2, 0) is 4.79 Å². The highest BCUT2D eigenvalue weighted by molar-refractivity contribution is 5.98. The number of likely N-dealkylation sites (tertiary alicyclic amines) is 2. The molecule has 1 unspecified atom stereocenters. The molecule has 2 fully saturated rings. The van der Waals surface area contributed by atoms with E-state index in [0.29, 0.717) is 11.8 Å². The summed E-state index contributed by atoms with van der Waals surface area (Å²) in [5.41, 5.74) is 2.68. The zero-order valence-electron chi connectivity index (χ0n) is 20.1. The van der Waals surface area contributed by atoms with Gasteiger partial charge in [-0.2, -0.15) is 0 Å². The first-order valence-corrected chi connectivity index (χ1v) is 12.8. The fourth-order valence-corrected chi connectivity index (χ4v) is 5.53. The number of nitrogens with one attached hydrogen (secondary N) is 1. The van der Waals surface area contributed by atoms with E-state index >= 15 is 0 Å².